The van der Waals surface area contributed by atoms with Crippen LogP contribution < -0.4 is 5.32 Å². The van der Waals surface area contributed by atoms with Gasteiger partial charge in [-0.25, -0.2) is 0 Å². The highest BCUT2D eigenvalue weighted by atomic mass is 32.2. The van der Waals surface area contributed by atoms with Crippen LogP contribution in [0.2, 0.25) is 0 Å². The van der Waals surface area contributed by atoms with Crippen LogP contribution in [0.15, 0.2) is 52.0 Å². The Morgan fingerprint density at radius 2 is 1.83 bits per heavy atom. The highest BCUT2D eigenvalue weighted by Gasteiger charge is 2.34. The normalized spacial score (nSPS) is 18.0. The quantitative estimate of drug-likeness (QED) is 0.854. The van der Waals surface area contributed by atoms with Gasteiger partial charge in [0.1, 0.15) is 5.76 Å². The van der Waals surface area contributed by atoms with Crippen molar-refractivity contribution in [2.24, 2.45) is 0 Å². The maximum Gasteiger partial charge on any atom is 0.446 e. The van der Waals surface area contributed by atoms with E-state index in [4.69, 9.17) is 4.42 Å². The number of hydrogen-bond acceptors (Lipinski definition) is 4. The summed E-state index contributed by atoms with van der Waals surface area (Å²) in [4.78, 5) is 2.38. The molecule has 0 saturated carbocycles. The molecule has 3 rings (SSSR count). The minimum absolute atomic E-state index is 0.0670. The number of halogens is 3. The van der Waals surface area contributed by atoms with Gasteiger partial charge in [-0.05, 0) is 35.5 Å². The topological polar surface area (TPSA) is 28.4 Å². The van der Waals surface area contributed by atoms with Crippen molar-refractivity contribution in [2.75, 3.05) is 26.2 Å². The number of benzene rings is 1. The first-order valence-electron chi connectivity index (χ1n) is 7.37. The van der Waals surface area contributed by atoms with Gasteiger partial charge in [-0.2, -0.15) is 13.2 Å². The second-order valence-corrected chi connectivity index (χ2v) is 6.40. The number of nitrogens with one attached hydrogen (secondary N) is 1. The van der Waals surface area contributed by atoms with Gasteiger partial charge in [0.25, 0.3) is 0 Å². The zero-order valence-electron chi connectivity index (χ0n) is 12.3. The molecule has 0 spiro atoms. The number of alkyl halides is 3. The van der Waals surface area contributed by atoms with Gasteiger partial charge in [0.2, 0.25) is 0 Å². The van der Waals surface area contributed by atoms with Crippen LogP contribution in [0.25, 0.3) is 0 Å². The Balaban J connectivity index is 2.00. The first-order chi connectivity index (χ1) is 11.0. The lowest BCUT2D eigenvalue weighted by molar-refractivity contribution is -0.0328. The van der Waals surface area contributed by atoms with Gasteiger partial charge in [-0.15, -0.1) is 0 Å². The standard InChI is InChI=1S/C16H17F3N2OS/c17-16(18,19)23-14-6-2-1-4-12(14)15(13-5-3-11-22-13)21-9-7-20-8-10-21/h1-6,11,15,20H,7-10H2/t15-/m1/s1. The number of thioether (sulfide) groups is 1. The lowest BCUT2D eigenvalue weighted by Crippen LogP contribution is -2.45. The van der Waals surface area contributed by atoms with Gasteiger partial charge in [-0.3, -0.25) is 4.90 Å². The first-order valence-corrected chi connectivity index (χ1v) is 8.19. The lowest BCUT2D eigenvalue weighted by Gasteiger charge is -2.34. The molecule has 7 heteroatoms. The molecule has 124 valence electrons. The fourth-order valence-electron chi connectivity index (χ4n) is 2.84. The third-order valence-corrected chi connectivity index (χ3v) is 4.59. The highest BCUT2D eigenvalue weighted by molar-refractivity contribution is 8.00. The maximum absolute atomic E-state index is 12.9. The summed E-state index contributed by atoms with van der Waals surface area (Å²) in [7, 11) is 0. The zero-order chi connectivity index (χ0) is 16.3. The Bertz CT molecular complexity index is 625. The molecule has 1 aliphatic rings. The average molecular weight is 342 g/mol. The Morgan fingerprint density at radius 1 is 1.09 bits per heavy atom. The van der Waals surface area contributed by atoms with Gasteiger partial charge < -0.3 is 9.73 Å². The molecule has 0 bridgehead atoms. The van der Waals surface area contributed by atoms with E-state index in [1.54, 1.807) is 30.5 Å². The summed E-state index contributed by atoms with van der Waals surface area (Å²) in [6.07, 6.45) is 1.56. The molecule has 1 aliphatic heterocycles. The van der Waals surface area contributed by atoms with E-state index in [1.165, 1.54) is 6.07 Å². The van der Waals surface area contributed by atoms with E-state index in [-0.39, 0.29) is 22.7 Å². The van der Waals surface area contributed by atoms with Crippen molar-refractivity contribution in [3.8, 4) is 0 Å². The smallest absolute Gasteiger partial charge is 0.446 e. The SMILES string of the molecule is FC(F)(F)Sc1ccccc1[C@H](c1ccco1)N1CCNCC1. The molecular formula is C16H17F3N2OS. The van der Waals surface area contributed by atoms with Crippen molar-refractivity contribution >= 4 is 11.8 Å². The van der Waals surface area contributed by atoms with E-state index < -0.39 is 5.51 Å². The number of nitrogens with zero attached hydrogens (tertiary/aromatic N) is 1. The van der Waals surface area contributed by atoms with Crippen LogP contribution >= 0.6 is 11.8 Å². The summed E-state index contributed by atoms with van der Waals surface area (Å²) in [5, 5.41) is 3.26. The van der Waals surface area contributed by atoms with Crippen LogP contribution in [0.5, 0.6) is 0 Å². The molecule has 1 fully saturated rings. The molecular weight excluding hydrogens is 325 g/mol. The molecule has 0 aliphatic carbocycles. The minimum atomic E-state index is -4.31. The maximum atomic E-state index is 12.9. The molecule has 0 radical (unpaired) electrons. The van der Waals surface area contributed by atoms with Crippen molar-refractivity contribution in [1.82, 2.24) is 10.2 Å². The van der Waals surface area contributed by atoms with E-state index in [9.17, 15) is 13.2 Å². The molecule has 3 nitrogen and oxygen atoms in total. The number of hydrogen-bond donors (Lipinski definition) is 1. The summed E-state index contributed by atoms with van der Waals surface area (Å²) in [6.45, 7) is 3.14. The average Bonchev–Trinajstić information content (AvgIpc) is 3.03. The molecule has 0 amide bonds. The van der Waals surface area contributed by atoms with Crippen LogP contribution in [0.1, 0.15) is 17.4 Å². The molecule has 1 N–H and O–H groups in total. The summed E-state index contributed by atoms with van der Waals surface area (Å²) >= 11 is -0.0670. The fourth-order valence-corrected chi connectivity index (χ4v) is 3.53. The second kappa shape index (κ2) is 6.98. The van der Waals surface area contributed by atoms with Crippen molar-refractivity contribution in [3.05, 3.63) is 54.0 Å². The highest BCUT2D eigenvalue weighted by Crippen LogP contribution is 2.42. The summed E-state index contributed by atoms with van der Waals surface area (Å²) < 4.78 is 44.2. The molecule has 1 aromatic heterocycles. The Kier molecular flexibility index (Phi) is 4.99. The van der Waals surface area contributed by atoms with Gasteiger partial charge in [-0.1, -0.05) is 18.2 Å². The number of piperazine rings is 1. The summed E-state index contributed by atoms with van der Waals surface area (Å²) in [5.41, 5.74) is -3.68. The van der Waals surface area contributed by atoms with E-state index in [2.05, 4.69) is 10.2 Å². The molecule has 2 aromatic rings. The van der Waals surface area contributed by atoms with Crippen molar-refractivity contribution < 1.29 is 17.6 Å². The van der Waals surface area contributed by atoms with Gasteiger partial charge in [0.05, 0.1) is 12.3 Å². The second-order valence-electron chi connectivity index (χ2n) is 5.29. The summed E-state index contributed by atoms with van der Waals surface area (Å²) in [6, 6.07) is 9.96. The molecule has 1 aromatic carbocycles. The molecule has 0 unspecified atom stereocenters. The van der Waals surface area contributed by atoms with E-state index in [1.807, 2.05) is 6.07 Å². The minimum Gasteiger partial charge on any atom is -0.467 e. The van der Waals surface area contributed by atoms with Crippen molar-refractivity contribution in [1.29, 1.82) is 0 Å². The summed E-state index contributed by atoms with van der Waals surface area (Å²) in [5.74, 6) is 0.669. The number of furan rings is 1. The van der Waals surface area contributed by atoms with Gasteiger partial charge in [0, 0.05) is 31.1 Å². The molecule has 1 atom stereocenters. The fraction of sp³-hybridized carbons (Fsp3) is 0.375. The van der Waals surface area contributed by atoms with E-state index in [0.29, 0.717) is 11.3 Å². The Hall–Kier alpha value is -1.44. The molecule has 2 heterocycles. The van der Waals surface area contributed by atoms with E-state index in [0.717, 1.165) is 26.2 Å². The molecule has 23 heavy (non-hydrogen) atoms. The van der Waals surface area contributed by atoms with E-state index >= 15 is 0 Å². The molecule has 1 saturated heterocycles. The zero-order valence-corrected chi connectivity index (χ0v) is 13.2. The first kappa shape index (κ1) is 16.4. The number of rotatable bonds is 4. The lowest BCUT2D eigenvalue weighted by atomic mass is 10.0. The third-order valence-electron chi connectivity index (χ3n) is 3.77. The Labute approximate surface area is 136 Å². The van der Waals surface area contributed by atoms with Crippen LogP contribution in [0.4, 0.5) is 13.2 Å². The van der Waals surface area contributed by atoms with Gasteiger partial charge >= 0.3 is 5.51 Å². The Morgan fingerprint density at radius 3 is 2.48 bits per heavy atom. The van der Waals surface area contributed by atoms with Gasteiger partial charge in [0.15, 0.2) is 0 Å². The van der Waals surface area contributed by atoms with Crippen LogP contribution in [0.3, 0.4) is 0 Å². The predicted octanol–water partition coefficient (Wildman–Crippen LogP) is 3.89. The van der Waals surface area contributed by atoms with Crippen LogP contribution in [-0.2, 0) is 0 Å². The monoisotopic (exact) mass is 342 g/mol. The predicted molar refractivity (Wildman–Crippen MR) is 83.3 cm³/mol. The van der Waals surface area contributed by atoms with Crippen LogP contribution in [0, 0.1) is 0 Å². The van der Waals surface area contributed by atoms with Crippen molar-refractivity contribution in [3.63, 3.8) is 0 Å². The van der Waals surface area contributed by atoms with Crippen molar-refractivity contribution in [2.45, 2.75) is 16.4 Å². The van der Waals surface area contributed by atoms with Crippen LogP contribution in [-0.4, -0.2) is 36.6 Å². The third kappa shape index (κ3) is 4.10. The largest absolute Gasteiger partial charge is 0.467 e.